The Balaban J connectivity index is 2.64. The SMILES string of the molecule is CC(C)(CNC(=O)[C@@H]1CC=CC[C@@H]1C(=O)O)NS(C)(=O)=O. The highest BCUT2D eigenvalue weighted by Crippen LogP contribution is 2.26. The predicted molar refractivity (Wildman–Crippen MR) is 78.1 cm³/mol. The van der Waals surface area contributed by atoms with Gasteiger partial charge in [-0.25, -0.2) is 13.1 Å². The fourth-order valence-electron chi connectivity index (χ4n) is 2.35. The van der Waals surface area contributed by atoms with E-state index in [2.05, 4.69) is 10.0 Å². The molecule has 0 saturated carbocycles. The molecule has 2 atom stereocenters. The maximum absolute atomic E-state index is 12.1. The van der Waals surface area contributed by atoms with Gasteiger partial charge in [-0.1, -0.05) is 12.2 Å². The van der Waals surface area contributed by atoms with Crippen LogP contribution >= 0.6 is 0 Å². The summed E-state index contributed by atoms with van der Waals surface area (Å²) >= 11 is 0. The summed E-state index contributed by atoms with van der Waals surface area (Å²) in [6, 6.07) is 0. The molecule has 120 valence electrons. The smallest absolute Gasteiger partial charge is 0.307 e. The number of amides is 1. The summed E-state index contributed by atoms with van der Waals surface area (Å²) < 4.78 is 24.9. The fourth-order valence-corrected chi connectivity index (χ4v) is 3.43. The second kappa shape index (κ2) is 6.57. The van der Waals surface area contributed by atoms with Gasteiger partial charge in [0.05, 0.1) is 18.1 Å². The number of carbonyl (C=O) groups is 2. The molecule has 3 N–H and O–H groups in total. The van der Waals surface area contributed by atoms with Crippen LogP contribution in [0, 0.1) is 11.8 Å². The van der Waals surface area contributed by atoms with E-state index in [0.29, 0.717) is 12.8 Å². The minimum atomic E-state index is -3.39. The molecule has 1 aliphatic carbocycles. The van der Waals surface area contributed by atoms with Gasteiger partial charge in [0.15, 0.2) is 0 Å². The summed E-state index contributed by atoms with van der Waals surface area (Å²) in [4.78, 5) is 23.3. The lowest BCUT2D eigenvalue weighted by Crippen LogP contribution is -2.52. The molecule has 0 aromatic heterocycles. The van der Waals surface area contributed by atoms with E-state index in [4.69, 9.17) is 5.11 Å². The van der Waals surface area contributed by atoms with Gasteiger partial charge in [0, 0.05) is 12.1 Å². The molecular weight excluding hydrogens is 296 g/mol. The Hall–Kier alpha value is -1.41. The number of aliphatic carboxylic acids is 1. The maximum atomic E-state index is 12.1. The normalized spacial score (nSPS) is 22.8. The molecule has 1 amide bonds. The highest BCUT2D eigenvalue weighted by atomic mass is 32.2. The third kappa shape index (κ3) is 5.84. The summed E-state index contributed by atoms with van der Waals surface area (Å²) in [6.45, 7) is 3.37. The van der Waals surface area contributed by atoms with Crippen LogP contribution < -0.4 is 10.0 Å². The lowest BCUT2D eigenvalue weighted by Gasteiger charge is -2.28. The van der Waals surface area contributed by atoms with E-state index < -0.39 is 33.4 Å². The van der Waals surface area contributed by atoms with Gasteiger partial charge in [-0.2, -0.15) is 0 Å². The van der Waals surface area contributed by atoms with Crippen molar-refractivity contribution in [3.63, 3.8) is 0 Å². The van der Waals surface area contributed by atoms with E-state index >= 15 is 0 Å². The van der Waals surface area contributed by atoms with E-state index in [1.165, 1.54) is 0 Å². The number of sulfonamides is 1. The van der Waals surface area contributed by atoms with E-state index in [9.17, 15) is 18.0 Å². The van der Waals surface area contributed by atoms with Gasteiger partial charge in [-0.15, -0.1) is 0 Å². The Bertz CT molecular complexity index is 539. The van der Waals surface area contributed by atoms with Crippen molar-refractivity contribution in [3.05, 3.63) is 12.2 Å². The van der Waals surface area contributed by atoms with Gasteiger partial charge in [0.2, 0.25) is 15.9 Å². The Morgan fingerprint density at radius 2 is 1.76 bits per heavy atom. The number of carboxylic acid groups (broad SMARTS) is 1. The second-order valence-corrected chi connectivity index (χ2v) is 7.72. The zero-order valence-electron chi connectivity index (χ0n) is 12.4. The van der Waals surface area contributed by atoms with Crippen LogP contribution in [0.3, 0.4) is 0 Å². The van der Waals surface area contributed by atoms with Crippen LogP contribution in [0.1, 0.15) is 26.7 Å². The summed E-state index contributed by atoms with van der Waals surface area (Å²) in [7, 11) is -3.39. The number of hydrogen-bond acceptors (Lipinski definition) is 4. The first-order valence-corrected chi connectivity index (χ1v) is 8.55. The van der Waals surface area contributed by atoms with Gasteiger partial charge >= 0.3 is 5.97 Å². The quantitative estimate of drug-likeness (QED) is 0.601. The monoisotopic (exact) mass is 318 g/mol. The van der Waals surface area contributed by atoms with Crippen molar-refractivity contribution in [2.24, 2.45) is 11.8 Å². The van der Waals surface area contributed by atoms with Gasteiger partial charge in [0.1, 0.15) is 0 Å². The summed E-state index contributed by atoms with van der Waals surface area (Å²) in [5.41, 5.74) is -0.841. The molecule has 0 aliphatic heterocycles. The minimum Gasteiger partial charge on any atom is -0.481 e. The van der Waals surface area contributed by atoms with E-state index in [0.717, 1.165) is 6.26 Å². The number of rotatable bonds is 6. The number of allylic oxidation sites excluding steroid dienone is 2. The average molecular weight is 318 g/mol. The van der Waals surface area contributed by atoms with Crippen molar-refractivity contribution in [2.75, 3.05) is 12.8 Å². The first-order chi connectivity index (χ1) is 9.52. The number of hydrogen-bond donors (Lipinski definition) is 3. The Labute approximate surface area is 124 Å². The van der Waals surface area contributed by atoms with Crippen LogP contribution in [0.4, 0.5) is 0 Å². The Kier molecular flexibility index (Phi) is 5.52. The van der Waals surface area contributed by atoms with Crippen molar-refractivity contribution in [2.45, 2.75) is 32.2 Å². The van der Waals surface area contributed by atoms with Crippen molar-refractivity contribution in [3.8, 4) is 0 Å². The topological polar surface area (TPSA) is 113 Å². The van der Waals surface area contributed by atoms with Crippen LogP contribution in [0.2, 0.25) is 0 Å². The first-order valence-electron chi connectivity index (χ1n) is 6.66. The molecule has 0 unspecified atom stereocenters. The molecule has 8 heteroatoms. The third-order valence-corrected chi connectivity index (χ3v) is 4.18. The molecule has 7 nitrogen and oxygen atoms in total. The lowest BCUT2D eigenvalue weighted by atomic mass is 9.82. The number of carbonyl (C=O) groups excluding carboxylic acids is 1. The molecule has 1 rings (SSSR count). The second-order valence-electron chi connectivity index (χ2n) is 5.97. The molecule has 0 spiro atoms. The van der Waals surface area contributed by atoms with E-state index in [-0.39, 0.29) is 12.5 Å². The lowest BCUT2D eigenvalue weighted by molar-refractivity contribution is -0.147. The van der Waals surface area contributed by atoms with Crippen molar-refractivity contribution >= 4 is 21.9 Å². The zero-order valence-corrected chi connectivity index (χ0v) is 13.2. The largest absolute Gasteiger partial charge is 0.481 e. The van der Waals surface area contributed by atoms with Crippen molar-refractivity contribution in [1.82, 2.24) is 10.0 Å². The van der Waals surface area contributed by atoms with Crippen LogP contribution in [-0.2, 0) is 19.6 Å². The van der Waals surface area contributed by atoms with Crippen LogP contribution in [0.15, 0.2) is 12.2 Å². The Morgan fingerprint density at radius 3 is 2.24 bits per heavy atom. The molecule has 0 bridgehead atoms. The number of carboxylic acids is 1. The minimum absolute atomic E-state index is 0.0887. The van der Waals surface area contributed by atoms with Gasteiger partial charge in [-0.3, -0.25) is 9.59 Å². The van der Waals surface area contributed by atoms with Crippen LogP contribution in [-0.4, -0.2) is 43.7 Å². The van der Waals surface area contributed by atoms with Crippen LogP contribution in [0.5, 0.6) is 0 Å². The Morgan fingerprint density at radius 1 is 1.24 bits per heavy atom. The third-order valence-electron chi connectivity index (χ3n) is 3.25. The summed E-state index contributed by atoms with van der Waals surface area (Å²) in [6.07, 6.45) is 5.31. The molecule has 0 radical (unpaired) electrons. The molecular formula is C13H22N2O5S. The van der Waals surface area contributed by atoms with Gasteiger partial charge in [-0.05, 0) is 26.7 Å². The molecule has 0 heterocycles. The average Bonchev–Trinajstić information content (AvgIpc) is 2.33. The highest BCUT2D eigenvalue weighted by Gasteiger charge is 2.34. The molecule has 0 aromatic rings. The molecule has 1 aliphatic rings. The van der Waals surface area contributed by atoms with Crippen LogP contribution in [0.25, 0.3) is 0 Å². The molecule has 21 heavy (non-hydrogen) atoms. The standard InChI is InChI=1S/C13H22N2O5S/c1-13(2,15-21(3,19)20)8-14-11(16)9-6-4-5-7-10(9)12(17)18/h4-5,9-10,15H,6-8H2,1-3H3,(H,14,16)(H,17,18)/t9-,10+/m1/s1. The molecule has 0 fully saturated rings. The molecule has 0 saturated heterocycles. The van der Waals surface area contributed by atoms with Gasteiger partial charge < -0.3 is 10.4 Å². The van der Waals surface area contributed by atoms with Crippen molar-refractivity contribution < 1.29 is 23.1 Å². The highest BCUT2D eigenvalue weighted by molar-refractivity contribution is 7.88. The molecule has 0 aromatic carbocycles. The summed E-state index contributed by atoms with van der Waals surface area (Å²) in [5, 5.41) is 11.8. The van der Waals surface area contributed by atoms with Gasteiger partial charge in [0.25, 0.3) is 0 Å². The van der Waals surface area contributed by atoms with E-state index in [1.807, 2.05) is 0 Å². The fraction of sp³-hybridized carbons (Fsp3) is 0.692. The van der Waals surface area contributed by atoms with Crippen molar-refractivity contribution in [1.29, 1.82) is 0 Å². The zero-order chi connectivity index (χ0) is 16.3. The first kappa shape index (κ1) is 17.6. The van der Waals surface area contributed by atoms with E-state index in [1.54, 1.807) is 26.0 Å². The maximum Gasteiger partial charge on any atom is 0.307 e. The predicted octanol–water partition coefficient (Wildman–Crippen LogP) is 0.0974. The summed E-state index contributed by atoms with van der Waals surface area (Å²) in [5.74, 6) is -2.72. The number of nitrogens with one attached hydrogen (secondary N) is 2.